The van der Waals surface area contributed by atoms with Crippen molar-refractivity contribution in [3.05, 3.63) is 0 Å². The van der Waals surface area contributed by atoms with Gasteiger partial charge in [-0.1, -0.05) is 6.92 Å². The van der Waals surface area contributed by atoms with Gasteiger partial charge in [0.15, 0.2) is 0 Å². The molecule has 3 nitrogen and oxygen atoms in total. The molecule has 0 saturated carbocycles. The van der Waals surface area contributed by atoms with Crippen molar-refractivity contribution in [3.63, 3.8) is 0 Å². The first-order valence-corrected chi connectivity index (χ1v) is 8.09. The zero-order valence-electron chi connectivity index (χ0n) is 11.1. The van der Waals surface area contributed by atoms with E-state index in [1.165, 1.54) is 12.8 Å². The summed E-state index contributed by atoms with van der Waals surface area (Å²) < 4.78 is 0. The van der Waals surface area contributed by atoms with Gasteiger partial charge in [0, 0.05) is 13.0 Å². The Bertz CT molecular complexity index is 217. The molecule has 1 aliphatic heterocycles. The van der Waals surface area contributed by atoms with Crippen LogP contribution in [0.1, 0.15) is 32.6 Å². The third kappa shape index (κ3) is 6.32. The van der Waals surface area contributed by atoms with Crippen molar-refractivity contribution < 1.29 is 4.79 Å². The molecule has 0 bridgehead atoms. The van der Waals surface area contributed by atoms with Gasteiger partial charge in [-0.15, -0.1) is 0 Å². The summed E-state index contributed by atoms with van der Waals surface area (Å²) in [6.07, 6.45) is 6.32. The molecule has 1 amide bonds. The van der Waals surface area contributed by atoms with Crippen molar-refractivity contribution in [1.82, 2.24) is 10.6 Å². The minimum atomic E-state index is 0.233. The third-order valence-corrected chi connectivity index (χ3v) is 4.24. The Morgan fingerprint density at radius 3 is 2.82 bits per heavy atom. The van der Waals surface area contributed by atoms with E-state index in [2.05, 4.69) is 23.8 Å². The summed E-state index contributed by atoms with van der Waals surface area (Å²) >= 11 is 1.83. The zero-order valence-corrected chi connectivity index (χ0v) is 11.9. The Morgan fingerprint density at radius 1 is 1.47 bits per heavy atom. The van der Waals surface area contributed by atoms with E-state index in [0.29, 0.717) is 12.3 Å². The minimum Gasteiger partial charge on any atom is -0.356 e. The summed E-state index contributed by atoms with van der Waals surface area (Å²) in [6, 6.07) is 0. The van der Waals surface area contributed by atoms with Crippen LogP contribution in [0.5, 0.6) is 0 Å². The Hall–Kier alpha value is -0.220. The summed E-state index contributed by atoms with van der Waals surface area (Å²) in [5.41, 5.74) is 0. The molecule has 0 radical (unpaired) electrons. The SMILES string of the molecule is CSCCCNC(=O)CC(C)C1CCNCC1. The van der Waals surface area contributed by atoms with Crippen LogP contribution in [0.4, 0.5) is 0 Å². The third-order valence-electron chi connectivity index (χ3n) is 3.54. The number of hydrogen-bond donors (Lipinski definition) is 2. The van der Waals surface area contributed by atoms with Gasteiger partial charge < -0.3 is 10.6 Å². The molecule has 0 aromatic heterocycles. The largest absolute Gasteiger partial charge is 0.356 e. The predicted octanol–water partition coefficient (Wildman–Crippen LogP) is 1.88. The lowest BCUT2D eigenvalue weighted by Gasteiger charge is -2.27. The number of rotatable bonds is 7. The van der Waals surface area contributed by atoms with Crippen molar-refractivity contribution >= 4 is 17.7 Å². The maximum atomic E-state index is 11.7. The maximum absolute atomic E-state index is 11.7. The molecule has 1 saturated heterocycles. The summed E-state index contributed by atoms with van der Waals surface area (Å²) in [6.45, 7) is 5.28. The monoisotopic (exact) mass is 258 g/mol. The van der Waals surface area contributed by atoms with Crippen LogP contribution in [0.3, 0.4) is 0 Å². The van der Waals surface area contributed by atoms with Crippen LogP contribution in [-0.2, 0) is 4.79 Å². The van der Waals surface area contributed by atoms with E-state index in [1.54, 1.807) is 0 Å². The fourth-order valence-electron chi connectivity index (χ4n) is 2.39. The molecule has 1 atom stereocenters. The van der Waals surface area contributed by atoms with Gasteiger partial charge in [-0.3, -0.25) is 4.79 Å². The fourth-order valence-corrected chi connectivity index (χ4v) is 2.82. The topological polar surface area (TPSA) is 41.1 Å². The lowest BCUT2D eigenvalue weighted by Crippen LogP contribution is -2.33. The van der Waals surface area contributed by atoms with Crippen molar-refractivity contribution in [2.24, 2.45) is 11.8 Å². The van der Waals surface area contributed by atoms with E-state index < -0.39 is 0 Å². The van der Waals surface area contributed by atoms with Crippen LogP contribution < -0.4 is 10.6 Å². The summed E-state index contributed by atoms with van der Waals surface area (Å²) in [7, 11) is 0. The highest BCUT2D eigenvalue weighted by Gasteiger charge is 2.21. The van der Waals surface area contributed by atoms with Crippen LogP contribution in [0.15, 0.2) is 0 Å². The van der Waals surface area contributed by atoms with Gasteiger partial charge in [-0.05, 0) is 56.2 Å². The Kier molecular flexibility index (Phi) is 7.69. The molecule has 1 aliphatic rings. The van der Waals surface area contributed by atoms with Crippen LogP contribution in [-0.4, -0.2) is 37.6 Å². The molecule has 0 spiro atoms. The zero-order chi connectivity index (χ0) is 12.5. The predicted molar refractivity (Wildman–Crippen MR) is 75.4 cm³/mol. The molecular formula is C13H26N2OS. The van der Waals surface area contributed by atoms with Crippen LogP contribution in [0.2, 0.25) is 0 Å². The van der Waals surface area contributed by atoms with Crippen LogP contribution in [0.25, 0.3) is 0 Å². The highest BCUT2D eigenvalue weighted by molar-refractivity contribution is 7.98. The summed E-state index contributed by atoms with van der Waals surface area (Å²) in [5.74, 6) is 2.62. The second kappa shape index (κ2) is 8.81. The quantitative estimate of drug-likeness (QED) is 0.685. The maximum Gasteiger partial charge on any atom is 0.220 e. The lowest BCUT2D eigenvalue weighted by molar-refractivity contribution is -0.122. The normalized spacial score (nSPS) is 18.9. The highest BCUT2D eigenvalue weighted by Crippen LogP contribution is 2.23. The van der Waals surface area contributed by atoms with Crippen molar-refractivity contribution in [2.75, 3.05) is 31.6 Å². The number of piperidine rings is 1. The second-order valence-corrected chi connectivity index (χ2v) is 5.95. The molecule has 4 heteroatoms. The molecule has 1 unspecified atom stereocenters. The van der Waals surface area contributed by atoms with Crippen LogP contribution >= 0.6 is 11.8 Å². The number of thioether (sulfide) groups is 1. The van der Waals surface area contributed by atoms with E-state index in [0.717, 1.165) is 37.7 Å². The average Bonchev–Trinajstić information content (AvgIpc) is 2.36. The van der Waals surface area contributed by atoms with Crippen molar-refractivity contribution in [3.8, 4) is 0 Å². The Morgan fingerprint density at radius 2 is 2.18 bits per heavy atom. The molecule has 100 valence electrons. The number of carbonyl (C=O) groups excluding carboxylic acids is 1. The molecular weight excluding hydrogens is 232 g/mol. The number of carbonyl (C=O) groups is 1. The van der Waals surface area contributed by atoms with E-state index in [1.807, 2.05) is 11.8 Å². The highest BCUT2D eigenvalue weighted by atomic mass is 32.2. The lowest BCUT2D eigenvalue weighted by atomic mass is 9.84. The van der Waals surface area contributed by atoms with Gasteiger partial charge >= 0.3 is 0 Å². The molecule has 0 aromatic rings. The first-order chi connectivity index (χ1) is 8.24. The van der Waals surface area contributed by atoms with E-state index >= 15 is 0 Å². The van der Waals surface area contributed by atoms with E-state index in [4.69, 9.17) is 0 Å². The van der Waals surface area contributed by atoms with E-state index in [-0.39, 0.29) is 5.91 Å². The molecule has 1 heterocycles. The molecule has 2 N–H and O–H groups in total. The first-order valence-electron chi connectivity index (χ1n) is 6.70. The molecule has 0 aromatic carbocycles. The first kappa shape index (κ1) is 14.8. The number of hydrogen-bond acceptors (Lipinski definition) is 3. The molecule has 1 fully saturated rings. The average molecular weight is 258 g/mol. The van der Waals surface area contributed by atoms with Crippen molar-refractivity contribution in [1.29, 1.82) is 0 Å². The second-order valence-electron chi connectivity index (χ2n) is 4.97. The van der Waals surface area contributed by atoms with Gasteiger partial charge in [0.05, 0.1) is 0 Å². The van der Waals surface area contributed by atoms with Crippen molar-refractivity contribution in [2.45, 2.75) is 32.6 Å². The smallest absolute Gasteiger partial charge is 0.220 e. The van der Waals surface area contributed by atoms with Gasteiger partial charge in [0.25, 0.3) is 0 Å². The van der Waals surface area contributed by atoms with E-state index in [9.17, 15) is 4.79 Å². The fraction of sp³-hybridized carbons (Fsp3) is 0.923. The summed E-state index contributed by atoms with van der Waals surface area (Å²) in [5, 5.41) is 6.39. The van der Waals surface area contributed by atoms with Gasteiger partial charge in [0.1, 0.15) is 0 Å². The Labute approximate surface area is 109 Å². The number of amides is 1. The Balaban J connectivity index is 2.11. The van der Waals surface area contributed by atoms with Gasteiger partial charge in [-0.2, -0.15) is 11.8 Å². The number of nitrogens with one attached hydrogen (secondary N) is 2. The molecule has 0 aliphatic carbocycles. The van der Waals surface area contributed by atoms with Gasteiger partial charge in [-0.25, -0.2) is 0 Å². The molecule has 1 rings (SSSR count). The minimum absolute atomic E-state index is 0.233. The molecule has 17 heavy (non-hydrogen) atoms. The standard InChI is InChI=1S/C13H26N2OS/c1-11(12-4-7-14-8-5-12)10-13(16)15-6-3-9-17-2/h11-12,14H,3-10H2,1-2H3,(H,15,16). The van der Waals surface area contributed by atoms with Gasteiger partial charge in [0.2, 0.25) is 5.91 Å². The van der Waals surface area contributed by atoms with Crippen LogP contribution in [0, 0.1) is 11.8 Å². The summed E-state index contributed by atoms with van der Waals surface area (Å²) in [4.78, 5) is 11.7.